The summed E-state index contributed by atoms with van der Waals surface area (Å²) in [7, 11) is 0.371. The van der Waals surface area contributed by atoms with Crippen LogP contribution in [0.4, 0.5) is 0 Å². The van der Waals surface area contributed by atoms with Crippen molar-refractivity contribution in [3.05, 3.63) is 0 Å². The Morgan fingerprint density at radius 1 is 1.11 bits per heavy atom. The van der Waals surface area contributed by atoms with Gasteiger partial charge in [-0.15, -0.1) is 0 Å². The molecule has 0 aromatic heterocycles. The van der Waals surface area contributed by atoms with E-state index >= 15 is 0 Å². The summed E-state index contributed by atoms with van der Waals surface area (Å²) in [6, 6.07) is 1.31. The lowest BCUT2D eigenvalue weighted by Gasteiger charge is -2.42. The Balaban J connectivity index is 2.43. The Kier molecular flexibility index (Phi) is 7.45. The molecule has 0 aromatic carbocycles. The van der Waals surface area contributed by atoms with Gasteiger partial charge in [-0.25, -0.2) is 0 Å². The molecule has 108 valence electrons. The maximum absolute atomic E-state index is 5.89. The molecular formula is C14H32N2OSi. The molecule has 1 fully saturated rings. The van der Waals surface area contributed by atoms with Crippen LogP contribution < -0.4 is 0 Å². The fourth-order valence-electron chi connectivity index (χ4n) is 2.96. The summed E-state index contributed by atoms with van der Waals surface area (Å²) >= 11 is 0. The molecular weight excluding hydrogens is 240 g/mol. The first-order chi connectivity index (χ1) is 8.66. The summed E-state index contributed by atoms with van der Waals surface area (Å²) in [5.74, 6) is 0. The lowest BCUT2D eigenvalue weighted by molar-refractivity contribution is 0.214. The van der Waals surface area contributed by atoms with Crippen LogP contribution in [0.15, 0.2) is 0 Å². The molecule has 0 spiro atoms. The van der Waals surface area contributed by atoms with Gasteiger partial charge in [0.2, 0.25) is 0 Å². The van der Waals surface area contributed by atoms with Crippen LogP contribution in [0.25, 0.3) is 0 Å². The van der Waals surface area contributed by atoms with Crippen LogP contribution in [-0.2, 0) is 4.43 Å². The normalized spacial score (nSPS) is 25.8. The predicted molar refractivity (Wildman–Crippen MR) is 81.3 cm³/mol. The second-order valence-electron chi connectivity index (χ2n) is 5.66. The van der Waals surface area contributed by atoms with E-state index in [4.69, 9.17) is 4.43 Å². The molecule has 3 nitrogen and oxygen atoms in total. The number of nitrogens with zero attached hydrogens (tertiary/aromatic N) is 2. The quantitative estimate of drug-likeness (QED) is 0.632. The maximum atomic E-state index is 5.89. The lowest BCUT2D eigenvalue weighted by atomic mass is 10.3. The molecule has 0 aromatic rings. The van der Waals surface area contributed by atoms with Gasteiger partial charge >= 0.3 is 0 Å². The van der Waals surface area contributed by atoms with Crippen LogP contribution in [-0.4, -0.2) is 57.8 Å². The molecule has 0 amide bonds. The van der Waals surface area contributed by atoms with Gasteiger partial charge in [-0.2, -0.15) is 0 Å². The van der Waals surface area contributed by atoms with Crippen LogP contribution in [0, 0.1) is 0 Å². The van der Waals surface area contributed by atoms with Gasteiger partial charge in [0.15, 0.2) is 0 Å². The van der Waals surface area contributed by atoms with Crippen molar-refractivity contribution in [3.63, 3.8) is 0 Å². The van der Waals surface area contributed by atoms with Gasteiger partial charge in [0.1, 0.15) is 0 Å². The van der Waals surface area contributed by atoms with E-state index in [2.05, 4.69) is 29.9 Å². The molecule has 0 radical (unpaired) electrons. The molecule has 0 bridgehead atoms. The second kappa shape index (κ2) is 8.30. The molecule has 0 saturated carbocycles. The number of hydrogen-bond donors (Lipinski definition) is 0. The molecule has 0 N–H and O–H groups in total. The monoisotopic (exact) mass is 272 g/mol. The third-order valence-electron chi connectivity index (χ3n) is 4.19. The second-order valence-corrected chi connectivity index (χ2v) is 9.56. The van der Waals surface area contributed by atoms with Crippen molar-refractivity contribution < 1.29 is 4.43 Å². The van der Waals surface area contributed by atoms with Gasteiger partial charge in [0.25, 0.3) is 8.48 Å². The zero-order valence-electron chi connectivity index (χ0n) is 12.9. The fraction of sp³-hybridized carbons (Fsp3) is 1.00. The largest absolute Gasteiger partial charge is 0.406 e. The minimum atomic E-state index is -1.55. The minimum absolute atomic E-state index is 1.20. The van der Waals surface area contributed by atoms with Gasteiger partial charge in [0.05, 0.1) is 0 Å². The Morgan fingerprint density at radius 3 is 2.33 bits per heavy atom. The van der Waals surface area contributed by atoms with Crippen molar-refractivity contribution in [2.75, 3.05) is 39.8 Å². The Morgan fingerprint density at radius 2 is 1.78 bits per heavy atom. The van der Waals surface area contributed by atoms with Gasteiger partial charge in [0, 0.05) is 20.2 Å². The summed E-state index contributed by atoms with van der Waals surface area (Å²) in [6.45, 7) is 13.1. The van der Waals surface area contributed by atoms with Crippen molar-refractivity contribution in [1.29, 1.82) is 0 Å². The molecule has 1 aliphatic rings. The number of rotatable bonds is 8. The molecule has 0 aliphatic carbocycles. The van der Waals surface area contributed by atoms with Gasteiger partial charge < -0.3 is 13.9 Å². The Labute approximate surface area is 115 Å². The van der Waals surface area contributed by atoms with E-state index < -0.39 is 8.48 Å². The first kappa shape index (κ1) is 16.2. The molecule has 1 atom stereocenters. The highest BCUT2D eigenvalue weighted by Gasteiger charge is 2.37. The molecule has 1 heterocycles. The van der Waals surface area contributed by atoms with Gasteiger partial charge in [-0.05, 0) is 51.5 Å². The van der Waals surface area contributed by atoms with E-state index in [1.165, 1.54) is 64.5 Å². The van der Waals surface area contributed by atoms with E-state index in [0.717, 1.165) is 0 Å². The average molecular weight is 273 g/mol. The Bertz CT molecular complexity index is 222. The summed E-state index contributed by atoms with van der Waals surface area (Å²) in [5, 5.41) is 0. The smallest absolute Gasteiger partial charge is 0.267 e. The topological polar surface area (TPSA) is 15.7 Å². The van der Waals surface area contributed by atoms with Crippen LogP contribution >= 0.6 is 0 Å². The van der Waals surface area contributed by atoms with Crippen LogP contribution in [0.1, 0.15) is 39.5 Å². The van der Waals surface area contributed by atoms with Crippen LogP contribution in [0.2, 0.25) is 12.6 Å². The molecule has 1 rings (SSSR count). The lowest BCUT2D eigenvalue weighted by Crippen LogP contribution is -2.57. The van der Waals surface area contributed by atoms with E-state index in [9.17, 15) is 0 Å². The summed E-state index contributed by atoms with van der Waals surface area (Å²) in [4.78, 5) is 2.61. The molecule has 4 heteroatoms. The van der Waals surface area contributed by atoms with E-state index in [0.29, 0.717) is 0 Å². The summed E-state index contributed by atoms with van der Waals surface area (Å²) in [6.07, 6.45) is 5.24. The highest BCUT2D eigenvalue weighted by atomic mass is 28.4. The maximum Gasteiger partial charge on any atom is 0.267 e. The van der Waals surface area contributed by atoms with E-state index in [1.54, 1.807) is 0 Å². The first-order valence-corrected chi connectivity index (χ1v) is 10.2. The first-order valence-electron chi connectivity index (χ1n) is 7.68. The highest BCUT2D eigenvalue weighted by molar-refractivity contribution is 6.69. The van der Waals surface area contributed by atoms with Crippen molar-refractivity contribution >= 4 is 8.48 Å². The van der Waals surface area contributed by atoms with Crippen molar-refractivity contribution in [1.82, 2.24) is 9.47 Å². The van der Waals surface area contributed by atoms with Crippen LogP contribution in [0.5, 0.6) is 0 Å². The van der Waals surface area contributed by atoms with Gasteiger partial charge in [-0.3, -0.25) is 0 Å². The fourth-order valence-corrected chi connectivity index (χ4v) is 5.85. The molecule has 18 heavy (non-hydrogen) atoms. The molecule has 1 aliphatic heterocycles. The van der Waals surface area contributed by atoms with Crippen LogP contribution in [0.3, 0.4) is 0 Å². The average Bonchev–Trinajstić information content (AvgIpc) is 2.38. The Hall–Kier alpha value is 0.0969. The molecule has 1 unspecified atom stereocenters. The van der Waals surface area contributed by atoms with E-state index in [-0.39, 0.29) is 0 Å². The minimum Gasteiger partial charge on any atom is -0.406 e. The number of hydrogen-bond acceptors (Lipinski definition) is 3. The highest BCUT2D eigenvalue weighted by Crippen LogP contribution is 2.25. The zero-order valence-corrected chi connectivity index (χ0v) is 13.9. The van der Waals surface area contributed by atoms with Crippen molar-refractivity contribution in [3.8, 4) is 0 Å². The van der Waals surface area contributed by atoms with E-state index in [1.807, 2.05) is 7.11 Å². The third-order valence-corrected chi connectivity index (χ3v) is 8.14. The summed E-state index contributed by atoms with van der Waals surface area (Å²) < 4.78 is 8.57. The predicted octanol–water partition coefficient (Wildman–Crippen LogP) is 2.92. The standard InChI is InChI=1S/C14H32N2OSi/c1-5-9-15(10-6-2)12-13-16-11-7-8-14-18(16,4)17-3/h5-14H2,1-4H3. The zero-order chi connectivity index (χ0) is 13.4. The van der Waals surface area contributed by atoms with Crippen molar-refractivity contribution in [2.45, 2.75) is 52.1 Å². The SMILES string of the molecule is CCCN(CCC)CCN1CCCC[Si]1(C)OC. The van der Waals surface area contributed by atoms with Crippen molar-refractivity contribution in [2.24, 2.45) is 0 Å². The van der Waals surface area contributed by atoms with Gasteiger partial charge in [-0.1, -0.05) is 20.3 Å². The third kappa shape index (κ3) is 4.65. The summed E-state index contributed by atoms with van der Waals surface area (Å²) in [5.41, 5.74) is 0. The molecule has 1 saturated heterocycles.